The Bertz CT molecular complexity index is 723. The third kappa shape index (κ3) is 3.18. The molecule has 2 aromatic rings. The van der Waals surface area contributed by atoms with Gasteiger partial charge in [-0.25, -0.2) is 4.79 Å². The van der Waals surface area contributed by atoms with Gasteiger partial charge >= 0.3 is 5.63 Å². The first kappa shape index (κ1) is 14.1. The third-order valence-corrected chi connectivity index (χ3v) is 3.22. The van der Waals surface area contributed by atoms with Crippen LogP contribution in [0.5, 0.6) is 5.75 Å². The van der Waals surface area contributed by atoms with Crippen molar-refractivity contribution in [2.45, 2.75) is 27.2 Å². The second kappa shape index (κ2) is 5.38. The zero-order valence-electron chi connectivity index (χ0n) is 11.9. The Morgan fingerprint density at radius 3 is 2.80 bits per heavy atom. The van der Waals surface area contributed by atoms with E-state index in [1.165, 1.54) is 6.07 Å². The summed E-state index contributed by atoms with van der Waals surface area (Å²) in [5.74, 6) is 0.639. The standard InChI is InChI=1S/C16H17NO3/c1-11-8-15(18)20-14-9-12(4-5-13(11)14)19-7-6-16(2,3)10-17/h4-5,8-9H,6-7H2,1-3H3. The minimum absolute atomic E-state index is 0.363. The van der Waals surface area contributed by atoms with Gasteiger partial charge in [0.1, 0.15) is 11.3 Å². The molecule has 0 saturated carbocycles. The maximum absolute atomic E-state index is 11.4. The third-order valence-electron chi connectivity index (χ3n) is 3.22. The highest BCUT2D eigenvalue weighted by molar-refractivity contribution is 5.81. The molecule has 0 bridgehead atoms. The summed E-state index contributed by atoms with van der Waals surface area (Å²) in [5, 5.41) is 9.84. The topological polar surface area (TPSA) is 63.2 Å². The lowest BCUT2D eigenvalue weighted by atomic mass is 9.92. The van der Waals surface area contributed by atoms with E-state index in [1.54, 1.807) is 6.07 Å². The molecular formula is C16H17NO3. The molecule has 0 N–H and O–H groups in total. The van der Waals surface area contributed by atoms with Crippen LogP contribution in [0.2, 0.25) is 0 Å². The number of nitriles is 1. The van der Waals surface area contributed by atoms with Gasteiger partial charge in [-0.15, -0.1) is 0 Å². The van der Waals surface area contributed by atoms with Crippen LogP contribution in [0.1, 0.15) is 25.8 Å². The number of ether oxygens (including phenoxy) is 1. The summed E-state index contributed by atoms with van der Waals surface area (Å²) in [6.45, 7) is 6.07. The van der Waals surface area contributed by atoms with Gasteiger partial charge in [-0.1, -0.05) is 0 Å². The molecule has 1 aromatic carbocycles. The van der Waals surface area contributed by atoms with E-state index in [0.29, 0.717) is 24.4 Å². The van der Waals surface area contributed by atoms with Crippen LogP contribution in [-0.4, -0.2) is 6.61 Å². The van der Waals surface area contributed by atoms with Crippen LogP contribution in [0.15, 0.2) is 33.5 Å². The van der Waals surface area contributed by atoms with Crippen molar-refractivity contribution in [2.24, 2.45) is 5.41 Å². The van der Waals surface area contributed by atoms with E-state index in [1.807, 2.05) is 32.9 Å². The van der Waals surface area contributed by atoms with Gasteiger partial charge in [0.2, 0.25) is 0 Å². The molecule has 0 spiro atoms. The average molecular weight is 271 g/mol. The first-order valence-corrected chi connectivity index (χ1v) is 6.50. The number of nitrogens with zero attached hydrogens (tertiary/aromatic N) is 1. The molecular weight excluding hydrogens is 254 g/mol. The fourth-order valence-corrected chi connectivity index (χ4v) is 1.87. The SMILES string of the molecule is Cc1cc(=O)oc2cc(OCCC(C)(C)C#N)ccc12. The van der Waals surface area contributed by atoms with Crippen LogP contribution in [0.3, 0.4) is 0 Å². The molecule has 104 valence electrons. The number of rotatable bonds is 4. The zero-order chi connectivity index (χ0) is 14.8. The number of hydrogen-bond acceptors (Lipinski definition) is 4. The minimum atomic E-state index is -0.403. The summed E-state index contributed by atoms with van der Waals surface area (Å²) in [4.78, 5) is 11.4. The van der Waals surface area contributed by atoms with Crippen LogP contribution in [0, 0.1) is 23.7 Å². The van der Waals surface area contributed by atoms with Gasteiger partial charge in [0.05, 0.1) is 18.1 Å². The van der Waals surface area contributed by atoms with Crippen molar-refractivity contribution < 1.29 is 9.15 Å². The molecule has 0 amide bonds. The summed E-state index contributed by atoms with van der Waals surface area (Å²) >= 11 is 0. The van der Waals surface area contributed by atoms with Crippen molar-refractivity contribution in [3.8, 4) is 11.8 Å². The summed E-state index contributed by atoms with van der Waals surface area (Å²) in [5.41, 5.74) is 0.637. The molecule has 0 saturated heterocycles. The van der Waals surface area contributed by atoms with Crippen LogP contribution >= 0.6 is 0 Å². The highest BCUT2D eigenvalue weighted by Gasteiger charge is 2.16. The summed E-state index contributed by atoms with van der Waals surface area (Å²) < 4.78 is 10.8. The Labute approximate surface area is 117 Å². The zero-order valence-corrected chi connectivity index (χ0v) is 11.9. The average Bonchev–Trinajstić information content (AvgIpc) is 2.38. The molecule has 4 heteroatoms. The van der Waals surface area contributed by atoms with Crippen LogP contribution in [-0.2, 0) is 0 Å². The van der Waals surface area contributed by atoms with E-state index in [2.05, 4.69) is 6.07 Å². The molecule has 0 unspecified atom stereocenters. The lowest BCUT2D eigenvalue weighted by Gasteiger charge is -2.15. The van der Waals surface area contributed by atoms with Crippen molar-refractivity contribution in [1.82, 2.24) is 0 Å². The highest BCUT2D eigenvalue weighted by atomic mass is 16.5. The van der Waals surface area contributed by atoms with Gasteiger partial charge in [0.25, 0.3) is 0 Å². The summed E-state index contributed by atoms with van der Waals surface area (Å²) in [7, 11) is 0. The predicted molar refractivity (Wildman–Crippen MR) is 76.7 cm³/mol. The molecule has 2 rings (SSSR count). The number of hydrogen-bond donors (Lipinski definition) is 0. The van der Waals surface area contributed by atoms with Crippen molar-refractivity contribution in [2.75, 3.05) is 6.61 Å². The van der Waals surface area contributed by atoms with Gasteiger partial charge in [-0.3, -0.25) is 0 Å². The van der Waals surface area contributed by atoms with Gasteiger partial charge in [-0.05, 0) is 44.9 Å². The lowest BCUT2D eigenvalue weighted by Crippen LogP contribution is -2.13. The second-order valence-electron chi connectivity index (χ2n) is 5.50. The van der Waals surface area contributed by atoms with E-state index in [-0.39, 0.29) is 5.63 Å². The fourth-order valence-electron chi connectivity index (χ4n) is 1.87. The maximum Gasteiger partial charge on any atom is 0.336 e. The smallest absolute Gasteiger partial charge is 0.336 e. The highest BCUT2D eigenvalue weighted by Crippen LogP contribution is 2.24. The monoisotopic (exact) mass is 271 g/mol. The van der Waals surface area contributed by atoms with E-state index in [9.17, 15) is 4.79 Å². The van der Waals surface area contributed by atoms with E-state index in [4.69, 9.17) is 14.4 Å². The van der Waals surface area contributed by atoms with Crippen molar-refractivity contribution in [1.29, 1.82) is 5.26 Å². The molecule has 1 heterocycles. The fraction of sp³-hybridized carbons (Fsp3) is 0.375. The first-order valence-electron chi connectivity index (χ1n) is 6.50. The summed E-state index contributed by atoms with van der Waals surface area (Å²) in [6.07, 6.45) is 0.638. The molecule has 20 heavy (non-hydrogen) atoms. The quantitative estimate of drug-likeness (QED) is 0.799. The van der Waals surface area contributed by atoms with Crippen LogP contribution in [0.25, 0.3) is 11.0 Å². The van der Waals surface area contributed by atoms with Crippen molar-refractivity contribution in [3.05, 3.63) is 40.2 Å². The van der Waals surface area contributed by atoms with E-state index >= 15 is 0 Å². The van der Waals surface area contributed by atoms with Gasteiger partial charge in [-0.2, -0.15) is 5.26 Å². The normalized spacial score (nSPS) is 11.3. The maximum atomic E-state index is 11.4. The number of aryl methyl sites for hydroxylation is 1. The number of benzene rings is 1. The van der Waals surface area contributed by atoms with Crippen LogP contribution in [0.4, 0.5) is 0 Å². The van der Waals surface area contributed by atoms with Gasteiger partial charge < -0.3 is 9.15 Å². The molecule has 1 aromatic heterocycles. The Kier molecular flexibility index (Phi) is 3.80. The van der Waals surface area contributed by atoms with Crippen molar-refractivity contribution in [3.63, 3.8) is 0 Å². The molecule has 0 radical (unpaired) electrons. The predicted octanol–water partition coefficient (Wildman–Crippen LogP) is 3.42. The Morgan fingerprint density at radius 2 is 2.10 bits per heavy atom. The molecule has 0 atom stereocenters. The Morgan fingerprint density at radius 1 is 1.35 bits per heavy atom. The van der Waals surface area contributed by atoms with Gasteiger partial charge in [0.15, 0.2) is 0 Å². The molecule has 4 nitrogen and oxygen atoms in total. The molecule has 0 aliphatic carbocycles. The second-order valence-corrected chi connectivity index (χ2v) is 5.50. The molecule has 0 fully saturated rings. The lowest BCUT2D eigenvalue weighted by molar-refractivity contribution is 0.264. The Hall–Kier alpha value is -2.28. The Balaban J connectivity index is 2.17. The van der Waals surface area contributed by atoms with Crippen LogP contribution < -0.4 is 10.4 Å². The van der Waals surface area contributed by atoms with Crippen molar-refractivity contribution >= 4 is 11.0 Å². The van der Waals surface area contributed by atoms with E-state index < -0.39 is 5.41 Å². The summed E-state index contributed by atoms with van der Waals surface area (Å²) in [6, 6.07) is 9.13. The van der Waals surface area contributed by atoms with Gasteiger partial charge in [0, 0.05) is 17.5 Å². The first-order chi connectivity index (χ1) is 9.41. The van der Waals surface area contributed by atoms with E-state index in [0.717, 1.165) is 10.9 Å². The molecule has 0 aliphatic heterocycles. The minimum Gasteiger partial charge on any atom is -0.493 e. The number of fused-ring (bicyclic) bond motifs is 1. The largest absolute Gasteiger partial charge is 0.493 e. The molecule has 0 aliphatic rings.